The molecule has 0 aliphatic rings. The summed E-state index contributed by atoms with van der Waals surface area (Å²) >= 11 is 5.86. The summed E-state index contributed by atoms with van der Waals surface area (Å²) in [7, 11) is 0. The van der Waals surface area contributed by atoms with Gasteiger partial charge in [-0.1, -0.05) is 30.7 Å². The Morgan fingerprint density at radius 2 is 1.95 bits per heavy atom. The van der Waals surface area contributed by atoms with E-state index in [0.717, 1.165) is 12.0 Å². The molecule has 0 bridgehead atoms. The van der Waals surface area contributed by atoms with Gasteiger partial charge in [-0.15, -0.1) is 0 Å². The number of aliphatic hydroxyl groups is 1. The summed E-state index contributed by atoms with van der Waals surface area (Å²) in [5.41, 5.74) is 0.913. The third-order valence-corrected chi connectivity index (χ3v) is 3.56. The van der Waals surface area contributed by atoms with Gasteiger partial charge in [0.25, 0.3) is 0 Å². The van der Waals surface area contributed by atoms with E-state index < -0.39 is 6.04 Å². The molecule has 1 unspecified atom stereocenters. The highest BCUT2D eigenvalue weighted by Crippen LogP contribution is 2.14. The maximum Gasteiger partial charge on any atom is 0.242 e. The molecule has 6 heteroatoms. The van der Waals surface area contributed by atoms with Crippen LogP contribution in [0, 0.1) is 0 Å². The molecule has 2 N–H and O–H groups in total. The molecule has 1 aromatic carbocycles. The topological polar surface area (TPSA) is 69.6 Å². The molecule has 0 heterocycles. The zero-order valence-electron chi connectivity index (χ0n) is 13.0. The molecule has 122 valence electrons. The number of benzene rings is 1. The lowest BCUT2D eigenvalue weighted by molar-refractivity contribution is -0.140. The SMILES string of the molecule is CCCC(=O)N(Cc1ccc(Cl)cc1)C(C)C(=O)NCCO. The van der Waals surface area contributed by atoms with Crippen LogP contribution in [0.5, 0.6) is 0 Å². The van der Waals surface area contributed by atoms with Gasteiger partial charge in [0.1, 0.15) is 6.04 Å². The summed E-state index contributed by atoms with van der Waals surface area (Å²) in [6.07, 6.45) is 1.12. The number of rotatable bonds is 8. The van der Waals surface area contributed by atoms with Crippen LogP contribution in [0.25, 0.3) is 0 Å². The van der Waals surface area contributed by atoms with Gasteiger partial charge in [-0.3, -0.25) is 9.59 Å². The van der Waals surface area contributed by atoms with Gasteiger partial charge >= 0.3 is 0 Å². The Kier molecular flexibility index (Phi) is 7.91. The van der Waals surface area contributed by atoms with Crippen LogP contribution in [-0.2, 0) is 16.1 Å². The monoisotopic (exact) mass is 326 g/mol. The molecule has 22 heavy (non-hydrogen) atoms. The first-order valence-electron chi connectivity index (χ1n) is 7.42. The number of halogens is 1. The van der Waals surface area contributed by atoms with E-state index in [4.69, 9.17) is 16.7 Å². The van der Waals surface area contributed by atoms with Crippen LogP contribution in [0.3, 0.4) is 0 Å². The first-order chi connectivity index (χ1) is 10.5. The average molecular weight is 327 g/mol. The Hall–Kier alpha value is -1.59. The Morgan fingerprint density at radius 1 is 1.32 bits per heavy atom. The maximum atomic E-state index is 12.3. The minimum Gasteiger partial charge on any atom is -0.395 e. The van der Waals surface area contributed by atoms with Crippen LogP contribution >= 0.6 is 11.6 Å². The number of amides is 2. The van der Waals surface area contributed by atoms with Gasteiger partial charge in [-0.25, -0.2) is 0 Å². The largest absolute Gasteiger partial charge is 0.395 e. The Balaban J connectivity index is 2.85. The third-order valence-electron chi connectivity index (χ3n) is 3.31. The number of aliphatic hydroxyl groups excluding tert-OH is 1. The molecule has 1 rings (SSSR count). The Bertz CT molecular complexity index is 491. The molecule has 2 amide bonds. The molecule has 0 aliphatic carbocycles. The van der Waals surface area contributed by atoms with Gasteiger partial charge in [0, 0.05) is 24.5 Å². The van der Waals surface area contributed by atoms with Crippen LogP contribution in [-0.4, -0.2) is 41.0 Å². The van der Waals surface area contributed by atoms with E-state index in [-0.39, 0.29) is 25.0 Å². The van der Waals surface area contributed by atoms with E-state index in [2.05, 4.69) is 5.32 Å². The maximum absolute atomic E-state index is 12.3. The lowest BCUT2D eigenvalue weighted by atomic mass is 10.1. The highest BCUT2D eigenvalue weighted by Gasteiger charge is 2.25. The van der Waals surface area contributed by atoms with Gasteiger partial charge in [0.05, 0.1) is 6.61 Å². The summed E-state index contributed by atoms with van der Waals surface area (Å²) in [5.74, 6) is -0.337. The molecule has 0 saturated carbocycles. The van der Waals surface area contributed by atoms with Gasteiger partial charge in [0.15, 0.2) is 0 Å². The normalized spacial score (nSPS) is 11.8. The molecular formula is C16H23ClN2O3. The van der Waals surface area contributed by atoms with Gasteiger partial charge in [-0.2, -0.15) is 0 Å². The lowest BCUT2D eigenvalue weighted by Gasteiger charge is -2.28. The van der Waals surface area contributed by atoms with Gasteiger partial charge < -0.3 is 15.3 Å². The van der Waals surface area contributed by atoms with Crippen LogP contribution in [0.1, 0.15) is 32.3 Å². The summed E-state index contributed by atoms with van der Waals surface area (Å²) in [6.45, 7) is 4.02. The molecular weight excluding hydrogens is 304 g/mol. The summed E-state index contributed by atoms with van der Waals surface area (Å²) in [4.78, 5) is 25.9. The molecule has 0 spiro atoms. The first-order valence-corrected chi connectivity index (χ1v) is 7.79. The first kappa shape index (κ1) is 18.5. The number of nitrogens with one attached hydrogen (secondary N) is 1. The van der Waals surface area contributed by atoms with Crippen LogP contribution in [0.2, 0.25) is 5.02 Å². The van der Waals surface area contributed by atoms with Crippen molar-refractivity contribution in [3.63, 3.8) is 0 Å². The smallest absolute Gasteiger partial charge is 0.242 e. The molecule has 0 fully saturated rings. The second kappa shape index (κ2) is 9.43. The van der Waals surface area contributed by atoms with Gasteiger partial charge in [-0.05, 0) is 31.0 Å². The number of hydrogen-bond acceptors (Lipinski definition) is 3. The van der Waals surface area contributed by atoms with E-state index in [1.165, 1.54) is 0 Å². The number of hydrogen-bond donors (Lipinski definition) is 2. The van der Waals surface area contributed by atoms with Crippen molar-refractivity contribution in [2.75, 3.05) is 13.2 Å². The Labute approximate surface area is 136 Å². The van der Waals surface area contributed by atoms with Crippen molar-refractivity contribution < 1.29 is 14.7 Å². The molecule has 0 radical (unpaired) electrons. The van der Waals surface area contributed by atoms with E-state index >= 15 is 0 Å². The quantitative estimate of drug-likeness (QED) is 0.767. The third kappa shape index (κ3) is 5.66. The zero-order chi connectivity index (χ0) is 16.5. The highest BCUT2D eigenvalue weighted by atomic mass is 35.5. The van der Waals surface area contributed by atoms with Crippen molar-refractivity contribution in [2.45, 2.75) is 39.3 Å². The summed E-state index contributed by atoms with van der Waals surface area (Å²) in [6, 6.07) is 6.60. The predicted octanol–water partition coefficient (Wildman–Crippen LogP) is 1.97. The molecule has 0 aromatic heterocycles. The lowest BCUT2D eigenvalue weighted by Crippen LogP contribution is -2.48. The van der Waals surface area contributed by atoms with Crippen molar-refractivity contribution >= 4 is 23.4 Å². The molecule has 1 aromatic rings. The van der Waals surface area contributed by atoms with E-state index in [9.17, 15) is 9.59 Å². The zero-order valence-corrected chi connectivity index (χ0v) is 13.8. The van der Waals surface area contributed by atoms with Crippen molar-refractivity contribution in [2.24, 2.45) is 0 Å². The van der Waals surface area contributed by atoms with Crippen LogP contribution in [0.15, 0.2) is 24.3 Å². The summed E-state index contributed by atoms with van der Waals surface area (Å²) < 4.78 is 0. The second-order valence-corrected chi connectivity index (χ2v) is 5.53. The summed E-state index contributed by atoms with van der Waals surface area (Å²) in [5, 5.41) is 12.0. The van der Waals surface area contributed by atoms with Gasteiger partial charge in [0.2, 0.25) is 11.8 Å². The average Bonchev–Trinajstić information content (AvgIpc) is 2.51. The van der Waals surface area contributed by atoms with Crippen molar-refractivity contribution in [3.8, 4) is 0 Å². The molecule has 5 nitrogen and oxygen atoms in total. The number of carbonyl (C=O) groups excluding carboxylic acids is 2. The van der Waals surface area contributed by atoms with Crippen molar-refractivity contribution in [1.29, 1.82) is 0 Å². The second-order valence-electron chi connectivity index (χ2n) is 5.09. The van der Waals surface area contributed by atoms with Crippen LogP contribution < -0.4 is 5.32 Å². The van der Waals surface area contributed by atoms with E-state index in [1.807, 2.05) is 19.1 Å². The minimum absolute atomic E-state index is 0.0656. The van der Waals surface area contributed by atoms with E-state index in [1.54, 1.807) is 24.0 Å². The van der Waals surface area contributed by atoms with E-state index in [0.29, 0.717) is 18.0 Å². The fourth-order valence-corrected chi connectivity index (χ4v) is 2.18. The van der Waals surface area contributed by atoms with Crippen LogP contribution in [0.4, 0.5) is 0 Å². The van der Waals surface area contributed by atoms with Crippen molar-refractivity contribution in [3.05, 3.63) is 34.9 Å². The fraction of sp³-hybridized carbons (Fsp3) is 0.500. The standard InChI is InChI=1S/C16H23ClN2O3/c1-3-4-15(21)19(12(2)16(22)18-9-10-20)11-13-5-7-14(17)8-6-13/h5-8,12,20H,3-4,9-11H2,1-2H3,(H,18,22). The Morgan fingerprint density at radius 3 is 2.50 bits per heavy atom. The predicted molar refractivity (Wildman–Crippen MR) is 86.5 cm³/mol. The molecule has 1 atom stereocenters. The number of carbonyl (C=O) groups is 2. The molecule has 0 saturated heterocycles. The fourth-order valence-electron chi connectivity index (χ4n) is 2.05. The highest BCUT2D eigenvalue weighted by molar-refractivity contribution is 6.30. The minimum atomic E-state index is -0.596. The van der Waals surface area contributed by atoms with Crippen molar-refractivity contribution in [1.82, 2.24) is 10.2 Å². The molecule has 0 aliphatic heterocycles. The number of nitrogens with zero attached hydrogens (tertiary/aromatic N) is 1.